The number of carbonyl (C=O) groups excluding carboxylic acids is 1. The average Bonchev–Trinajstić information content (AvgIpc) is 2.85. The van der Waals surface area contributed by atoms with E-state index in [0.29, 0.717) is 5.69 Å². The van der Waals surface area contributed by atoms with Crippen LogP contribution in [-0.2, 0) is 4.79 Å². The molecular formula is C11H16N5O3+. The van der Waals surface area contributed by atoms with Crippen LogP contribution in [0.2, 0.25) is 0 Å². The van der Waals surface area contributed by atoms with Crippen molar-refractivity contribution >= 4 is 12.1 Å². The van der Waals surface area contributed by atoms with Crippen LogP contribution in [0.25, 0.3) is 0 Å². The summed E-state index contributed by atoms with van der Waals surface area (Å²) in [5, 5.41) is 5.71. The third-order valence-electron chi connectivity index (χ3n) is 3.05. The SMILES string of the molecule is Cc1[nH]c(=O)[nH]c(=O)c1C=NNC(=O)C1CCC[NH2+]1. The van der Waals surface area contributed by atoms with E-state index in [2.05, 4.69) is 20.5 Å². The second kappa shape index (κ2) is 5.61. The smallest absolute Gasteiger partial charge is 0.325 e. The topological polar surface area (TPSA) is 124 Å². The van der Waals surface area contributed by atoms with Gasteiger partial charge in [-0.3, -0.25) is 14.6 Å². The summed E-state index contributed by atoms with van der Waals surface area (Å²) in [4.78, 5) is 38.7. The highest BCUT2D eigenvalue weighted by molar-refractivity contribution is 5.84. The normalized spacial score (nSPS) is 18.9. The summed E-state index contributed by atoms with van der Waals surface area (Å²) < 4.78 is 0. The maximum atomic E-state index is 11.7. The van der Waals surface area contributed by atoms with Crippen molar-refractivity contribution in [2.75, 3.05) is 6.54 Å². The highest BCUT2D eigenvalue weighted by Gasteiger charge is 2.25. The predicted octanol–water partition coefficient (Wildman–Crippen LogP) is -2.45. The number of H-pyrrole nitrogens is 2. The van der Waals surface area contributed by atoms with E-state index < -0.39 is 11.2 Å². The van der Waals surface area contributed by atoms with E-state index in [4.69, 9.17) is 0 Å². The lowest BCUT2D eigenvalue weighted by Crippen LogP contribution is -2.89. The minimum absolute atomic E-state index is 0.105. The molecule has 1 aromatic heterocycles. The molecule has 0 aromatic carbocycles. The molecule has 1 aliphatic rings. The Morgan fingerprint density at radius 2 is 2.26 bits per heavy atom. The number of quaternary nitrogens is 1. The van der Waals surface area contributed by atoms with E-state index in [-0.39, 0.29) is 17.5 Å². The first-order valence-corrected chi connectivity index (χ1v) is 6.07. The molecule has 19 heavy (non-hydrogen) atoms. The Balaban J connectivity index is 2.05. The fraction of sp³-hybridized carbons (Fsp3) is 0.455. The van der Waals surface area contributed by atoms with Crippen LogP contribution in [0.4, 0.5) is 0 Å². The molecule has 0 saturated carbocycles. The van der Waals surface area contributed by atoms with Crippen molar-refractivity contribution in [3.05, 3.63) is 32.1 Å². The van der Waals surface area contributed by atoms with Gasteiger partial charge < -0.3 is 10.3 Å². The van der Waals surface area contributed by atoms with Gasteiger partial charge in [0.25, 0.3) is 11.5 Å². The van der Waals surface area contributed by atoms with Gasteiger partial charge in [0.1, 0.15) is 0 Å². The zero-order valence-electron chi connectivity index (χ0n) is 10.5. The van der Waals surface area contributed by atoms with Crippen molar-refractivity contribution in [2.45, 2.75) is 25.8 Å². The molecule has 1 aliphatic heterocycles. The van der Waals surface area contributed by atoms with Crippen LogP contribution in [0.5, 0.6) is 0 Å². The lowest BCUT2D eigenvalue weighted by Gasteiger charge is -2.04. The fourth-order valence-electron chi connectivity index (χ4n) is 2.02. The van der Waals surface area contributed by atoms with Gasteiger partial charge in [0.2, 0.25) is 0 Å². The second-order valence-corrected chi connectivity index (χ2v) is 4.45. The van der Waals surface area contributed by atoms with Crippen LogP contribution in [0, 0.1) is 6.92 Å². The molecule has 0 aliphatic carbocycles. The number of hydrogen-bond donors (Lipinski definition) is 4. The Morgan fingerprint density at radius 1 is 1.47 bits per heavy atom. The molecule has 0 spiro atoms. The van der Waals surface area contributed by atoms with Gasteiger partial charge in [0.15, 0.2) is 6.04 Å². The van der Waals surface area contributed by atoms with Crippen LogP contribution in [0.15, 0.2) is 14.7 Å². The molecule has 102 valence electrons. The van der Waals surface area contributed by atoms with Gasteiger partial charge in [0, 0.05) is 18.5 Å². The molecule has 1 atom stereocenters. The van der Waals surface area contributed by atoms with E-state index in [1.165, 1.54) is 6.21 Å². The van der Waals surface area contributed by atoms with Crippen LogP contribution >= 0.6 is 0 Å². The quantitative estimate of drug-likeness (QED) is 0.358. The van der Waals surface area contributed by atoms with Gasteiger partial charge >= 0.3 is 5.69 Å². The number of amides is 1. The van der Waals surface area contributed by atoms with Gasteiger partial charge in [-0.05, 0) is 6.92 Å². The van der Waals surface area contributed by atoms with Crippen molar-refractivity contribution in [3.8, 4) is 0 Å². The number of aromatic amines is 2. The van der Waals surface area contributed by atoms with Crippen molar-refractivity contribution in [1.29, 1.82) is 0 Å². The van der Waals surface area contributed by atoms with Gasteiger partial charge in [-0.25, -0.2) is 10.2 Å². The highest BCUT2D eigenvalue weighted by Crippen LogP contribution is 1.97. The summed E-state index contributed by atoms with van der Waals surface area (Å²) in [6, 6.07) is -0.105. The fourth-order valence-corrected chi connectivity index (χ4v) is 2.02. The van der Waals surface area contributed by atoms with Crippen molar-refractivity contribution in [2.24, 2.45) is 5.10 Å². The number of rotatable bonds is 3. The predicted molar refractivity (Wildman–Crippen MR) is 68.0 cm³/mol. The summed E-state index contributed by atoms with van der Waals surface area (Å²) >= 11 is 0. The molecule has 0 radical (unpaired) electrons. The van der Waals surface area contributed by atoms with Crippen molar-refractivity contribution < 1.29 is 10.1 Å². The monoisotopic (exact) mass is 266 g/mol. The Bertz CT molecular complexity index is 609. The number of aromatic nitrogens is 2. The Hall–Kier alpha value is -2.22. The van der Waals surface area contributed by atoms with Gasteiger partial charge in [-0.15, -0.1) is 0 Å². The minimum atomic E-state index is -0.566. The molecular weight excluding hydrogens is 250 g/mol. The van der Waals surface area contributed by atoms with E-state index >= 15 is 0 Å². The van der Waals surface area contributed by atoms with Crippen LogP contribution in [0.1, 0.15) is 24.1 Å². The molecule has 1 fully saturated rings. The molecule has 1 amide bonds. The first-order valence-electron chi connectivity index (χ1n) is 6.07. The number of hydrazone groups is 1. The van der Waals surface area contributed by atoms with Gasteiger partial charge in [-0.2, -0.15) is 5.10 Å². The minimum Gasteiger partial charge on any atom is -0.336 e. The molecule has 8 nitrogen and oxygen atoms in total. The van der Waals surface area contributed by atoms with Gasteiger partial charge in [0.05, 0.1) is 18.3 Å². The molecule has 8 heteroatoms. The highest BCUT2D eigenvalue weighted by atomic mass is 16.2. The standard InChI is InChI=1S/C11H15N5O3/c1-6-7(9(17)15-11(19)14-6)5-13-16-10(18)8-3-2-4-12-8/h5,8,12H,2-4H2,1H3,(H,16,18)(H2,14,15,17,19)/p+1. The maximum Gasteiger partial charge on any atom is 0.325 e. The molecule has 0 bridgehead atoms. The molecule has 1 unspecified atom stereocenters. The molecule has 1 saturated heterocycles. The molecule has 2 heterocycles. The lowest BCUT2D eigenvalue weighted by molar-refractivity contribution is -0.657. The van der Waals surface area contributed by atoms with E-state index in [9.17, 15) is 14.4 Å². The molecule has 2 rings (SSSR count). The zero-order valence-corrected chi connectivity index (χ0v) is 10.5. The van der Waals surface area contributed by atoms with E-state index in [1.54, 1.807) is 6.92 Å². The number of hydrogen-bond acceptors (Lipinski definition) is 4. The number of aryl methyl sites for hydroxylation is 1. The van der Waals surface area contributed by atoms with E-state index in [0.717, 1.165) is 19.4 Å². The Kier molecular flexibility index (Phi) is 3.91. The third-order valence-corrected chi connectivity index (χ3v) is 3.05. The van der Waals surface area contributed by atoms with Crippen LogP contribution < -0.4 is 22.0 Å². The average molecular weight is 266 g/mol. The maximum absolute atomic E-state index is 11.7. The first-order chi connectivity index (χ1) is 9.08. The summed E-state index contributed by atoms with van der Waals surface area (Å²) in [6.07, 6.45) is 3.08. The van der Waals surface area contributed by atoms with E-state index in [1.807, 2.05) is 5.32 Å². The zero-order chi connectivity index (χ0) is 13.8. The number of nitrogens with one attached hydrogen (secondary N) is 3. The summed E-state index contributed by atoms with van der Waals surface area (Å²) in [7, 11) is 0. The number of nitrogens with two attached hydrogens (primary N) is 1. The third kappa shape index (κ3) is 3.16. The molecule has 5 N–H and O–H groups in total. The summed E-state index contributed by atoms with van der Waals surface area (Å²) in [5.74, 6) is -0.174. The first kappa shape index (κ1) is 13.2. The lowest BCUT2D eigenvalue weighted by atomic mass is 10.2. The Morgan fingerprint density at radius 3 is 2.89 bits per heavy atom. The van der Waals surface area contributed by atoms with Crippen molar-refractivity contribution in [3.63, 3.8) is 0 Å². The number of nitrogens with zero attached hydrogens (tertiary/aromatic N) is 1. The summed E-state index contributed by atoms with van der Waals surface area (Å²) in [6.45, 7) is 2.53. The van der Waals surface area contributed by atoms with Gasteiger partial charge in [-0.1, -0.05) is 0 Å². The van der Waals surface area contributed by atoms with Crippen LogP contribution in [0.3, 0.4) is 0 Å². The van der Waals surface area contributed by atoms with Crippen LogP contribution in [-0.4, -0.2) is 34.7 Å². The number of carbonyl (C=O) groups is 1. The second-order valence-electron chi connectivity index (χ2n) is 4.45. The largest absolute Gasteiger partial charge is 0.336 e. The Labute approximate surface area is 108 Å². The van der Waals surface area contributed by atoms with Crippen molar-refractivity contribution in [1.82, 2.24) is 15.4 Å². The molecule has 1 aromatic rings. The summed E-state index contributed by atoms with van der Waals surface area (Å²) in [5.41, 5.74) is 1.92.